The molecule has 0 bridgehead atoms. The van der Waals surface area contributed by atoms with Gasteiger partial charge in [-0.2, -0.15) is 0 Å². The second-order valence-corrected chi connectivity index (χ2v) is 5.75. The maximum Gasteiger partial charge on any atom is 0.309 e. The van der Waals surface area contributed by atoms with Gasteiger partial charge in [0, 0.05) is 19.1 Å². The van der Waals surface area contributed by atoms with Crippen LogP contribution in [0.15, 0.2) is 0 Å². The predicted octanol–water partition coefficient (Wildman–Crippen LogP) is 0.698. The molecular formula is C13H22N2O3. The SMILES string of the molecule is CC1CCC(NC(=O)CN2CC(C(=O)O)C2)CC1. The zero-order valence-corrected chi connectivity index (χ0v) is 10.9. The standard InChI is InChI=1S/C13H22N2O3/c1-9-2-4-11(5-3-9)14-12(16)8-15-6-10(7-15)13(17)18/h9-11H,2-8H2,1H3,(H,14,16)(H,17,18). The van der Waals surface area contributed by atoms with Crippen molar-refractivity contribution < 1.29 is 14.7 Å². The predicted molar refractivity (Wildman–Crippen MR) is 67.1 cm³/mol. The van der Waals surface area contributed by atoms with E-state index in [9.17, 15) is 9.59 Å². The Morgan fingerprint density at radius 1 is 1.22 bits per heavy atom. The summed E-state index contributed by atoms with van der Waals surface area (Å²) in [5.41, 5.74) is 0. The Bertz CT molecular complexity index is 318. The van der Waals surface area contributed by atoms with Crippen LogP contribution in [0.25, 0.3) is 0 Å². The lowest BCUT2D eigenvalue weighted by Crippen LogP contribution is -2.54. The van der Waals surface area contributed by atoms with E-state index < -0.39 is 5.97 Å². The second-order valence-electron chi connectivity index (χ2n) is 5.75. The number of carboxylic acids is 1. The van der Waals surface area contributed by atoms with Crippen LogP contribution < -0.4 is 5.32 Å². The fourth-order valence-corrected chi connectivity index (χ4v) is 2.74. The highest BCUT2D eigenvalue weighted by molar-refractivity contribution is 5.79. The molecule has 1 saturated carbocycles. The van der Waals surface area contributed by atoms with Gasteiger partial charge in [0.1, 0.15) is 0 Å². The number of carbonyl (C=O) groups is 2. The van der Waals surface area contributed by atoms with Gasteiger partial charge in [0.2, 0.25) is 5.91 Å². The van der Waals surface area contributed by atoms with Crippen LogP contribution in [0.4, 0.5) is 0 Å². The van der Waals surface area contributed by atoms with Crippen LogP contribution >= 0.6 is 0 Å². The molecule has 0 aromatic rings. The summed E-state index contributed by atoms with van der Waals surface area (Å²) in [5, 5.41) is 11.8. The molecule has 1 heterocycles. The summed E-state index contributed by atoms with van der Waals surface area (Å²) < 4.78 is 0. The van der Waals surface area contributed by atoms with Crippen LogP contribution in [0.3, 0.4) is 0 Å². The number of amides is 1. The van der Waals surface area contributed by atoms with E-state index in [0.29, 0.717) is 25.7 Å². The number of hydrogen-bond acceptors (Lipinski definition) is 3. The van der Waals surface area contributed by atoms with Crippen LogP contribution in [0, 0.1) is 11.8 Å². The molecular weight excluding hydrogens is 232 g/mol. The number of rotatable bonds is 4. The molecule has 18 heavy (non-hydrogen) atoms. The van der Waals surface area contributed by atoms with Crippen LogP contribution in [0.5, 0.6) is 0 Å². The van der Waals surface area contributed by atoms with Crippen molar-refractivity contribution in [3.63, 3.8) is 0 Å². The van der Waals surface area contributed by atoms with Gasteiger partial charge in [-0.1, -0.05) is 6.92 Å². The quantitative estimate of drug-likeness (QED) is 0.774. The number of carbonyl (C=O) groups excluding carboxylic acids is 1. The highest BCUT2D eigenvalue weighted by Crippen LogP contribution is 2.23. The summed E-state index contributed by atoms with van der Waals surface area (Å²) in [7, 11) is 0. The molecule has 2 aliphatic rings. The molecule has 1 aliphatic heterocycles. The average Bonchev–Trinajstić information content (AvgIpc) is 2.25. The number of nitrogens with zero attached hydrogens (tertiary/aromatic N) is 1. The minimum absolute atomic E-state index is 0.0402. The third-order valence-electron chi connectivity index (χ3n) is 4.05. The van der Waals surface area contributed by atoms with Crippen molar-refractivity contribution >= 4 is 11.9 Å². The van der Waals surface area contributed by atoms with Crippen molar-refractivity contribution in [2.45, 2.75) is 38.6 Å². The summed E-state index contributed by atoms with van der Waals surface area (Å²) in [6, 6.07) is 0.324. The number of likely N-dealkylation sites (tertiary alicyclic amines) is 1. The highest BCUT2D eigenvalue weighted by atomic mass is 16.4. The van der Waals surface area contributed by atoms with Crippen molar-refractivity contribution in [1.29, 1.82) is 0 Å². The molecule has 0 aromatic heterocycles. The van der Waals surface area contributed by atoms with E-state index in [2.05, 4.69) is 12.2 Å². The van der Waals surface area contributed by atoms with Crippen molar-refractivity contribution in [1.82, 2.24) is 10.2 Å². The molecule has 2 N–H and O–H groups in total. The van der Waals surface area contributed by atoms with Gasteiger partial charge in [0.05, 0.1) is 12.5 Å². The van der Waals surface area contributed by atoms with Gasteiger partial charge in [-0.25, -0.2) is 0 Å². The van der Waals surface area contributed by atoms with E-state index in [1.165, 1.54) is 12.8 Å². The molecule has 5 heteroatoms. The molecule has 0 unspecified atom stereocenters. The number of aliphatic carboxylic acids is 1. The third kappa shape index (κ3) is 3.45. The average molecular weight is 254 g/mol. The molecule has 0 radical (unpaired) electrons. The van der Waals surface area contributed by atoms with Crippen LogP contribution in [0.1, 0.15) is 32.6 Å². The summed E-state index contributed by atoms with van der Waals surface area (Å²) in [5.74, 6) is -0.218. The monoisotopic (exact) mass is 254 g/mol. The maximum atomic E-state index is 11.8. The molecule has 1 amide bonds. The smallest absolute Gasteiger partial charge is 0.309 e. The van der Waals surface area contributed by atoms with Crippen LogP contribution in [-0.2, 0) is 9.59 Å². The molecule has 0 spiro atoms. The Kier molecular flexibility index (Phi) is 4.22. The number of hydrogen-bond donors (Lipinski definition) is 2. The van der Waals surface area contributed by atoms with Gasteiger partial charge in [-0.15, -0.1) is 0 Å². The van der Waals surface area contributed by atoms with Gasteiger partial charge in [-0.05, 0) is 31.6 Å². The molecule has 5 nitrogen and oxygen atoms in total. The van der Waals surface area contributed by atoms with E-state index in [-0.39, 0.29) is 11.8 Å². The normalized spacial score (nSPS) is 29.6. The lowest BCUT2D eigenvalue weighted by molar-refractivity contribution is -0.148. The molecule has 102 valence electrons. The first-order chi connectivity index (χ1) is 8.54. The van der Waals surface area contributed by atoms with Crippen molar-refractivity contribution in [2.24, 2.45) is 11.8 Å². The fraction of sp³-hybridized carbons (Fsp3) is 0.846. The lowest BCUT2D eigenvalue weighted by Gasteiger charge is -2.36. The summed E-state index contributed by atoms with van der Waals surface area (Å²) >= 11 is 0. The van der Waals surface area contributed by atoms with E-state index in [1.807, 2.05) is 4.90 Å². The minimum atomic E-state index is -0.757. The third-order valence-corrected chi connectivity index (χ3v) is 4.05. The van der Waals surface area contributed by atoms with E-state index in [4.69, 9.17) is 5.11 Å². The first-order valence-corrected chi connectivity index (χ1v) is 6.79. The Morgan fingerprint density at radius 2 is 1.83 bits per heavy atom. The van der Waals surface area contributed by atoms with Crippen molar-refractivity contribution in [3.05, 3.63) is 0 Å². The molecule has 1 saturated heterocycles. The van der Waals surface area contributed by atoms with Crippen molar-refractivity contribution in [2.75, 3.05) is 19.6 Å². The largest absolute Gasteiger partial charge is 0.481 e. The van der Waals surface area contributed by atoms with Gasteiger partial charge in [-0.3, -0.25) is 14.5 Å². The number of carboxylic acid groups (broad SMARTS) is 1. The number of nitrogens with one attached hydrogen (secondary N) is 1. The lowest BCUT2D eigenvalue weighted by atomic mass is 9.87. The summed E-state index contributed by atoms with van der Waals surface area (Å²) in [6.07, 6.45) is 4.53. The van der Waals surface area contributed by atoms with Crippen molar-refractivity contribution in [3.8, 4) is 0 Å². The molecule has 1 aliphatic carbocycles. The molecule has 0 atom stereocenters. The minimum Gasteiger partial charge on any atom is -0.481 e. The second kappa shape index (κ2) is 5.69. The maximum absolute atomic E-state index is 11.8. The Morgan fingerprint density at radius 3 is 2.39 bits per heavy atom. The van der Waals surface area contributed by atoms with E-state index >= 15 is 0 Å². The zero-order valence-electron chi connectivity index (χ0n) is 10.9. The molecule has 2 rings (SSSR count). The first kappa shape index (κ1) is 13.3. The van der Waals surface area contributed by atoms with E-state index in [0.717, 1.165) is 18.8 Å². The fourth-order valence-electron chi connectivity index (χ4n) is 2.74. The highest BCUT2D eigenvalue weighted by Gasteiger charge is 2.33. The Hall–Kier alpha value is -1.10. The summed E-state index contributed by atoms with van der Waals surface area (Å²) in [6.45, 7) is 3.61. The van der Waals surface area contributed by atoms with Gasteiger partial charge < -0.3 is 10.4 Å². The Balaban J connectivity index is 1.63. The van der Waals surface area contributed by atoms with Gasteiger partial charge in [0.25, 0.3) is 0 Å². The van der Waals surface area contributed by atoms with Gasteiger partial charge in [0.15, 0.2) is 0 Å². The van der Waals surface area contributed by atoms with Crippen LogP contribution in [0.2, 0.25) is 0 Å². The van der Waals surface area contributed by atoms with Gasteiger partial charge >= 0.3 is 5.97 Å². The van der Waals surface area contributed by atoms with Crippen LogP contribution in [-0.4, -0.2) is 47.6 Å². The summed E-state index contributed by atoms with van der Waals surface area (Å²) in [4.78, 5) is 24.3. The van der Waals surface area contributed by atoms with E-state index in [1.54, 1.807) is 0 Å². The topological polar surface area (TPSA) is 69.6 Å². The Labute approximate surface area is 108 Å². The first-order valence-electron chi connectivity index (χ1n) is 6.79. The zero-order chi connectivity index (χ0) is 13.1. The molecule has 0 aromatic carbocycles. The molecule has 2 fully saturated rings.